The van der Waals surface area contributed by atoms with Crippen molar-refractivity contribution in [3.8, 4) is 0 Å². The third-order valence-corrected chi connectivity index (χ3v) is 5.74. The van der Waals surface area contributed by atoms with E-state index < -0.39 is 0 Å². The van der Waals surface area contributed by atoms with Gasteiger partial charge in [0.25, 0.3) is 5.91 Å². The monoisotopic (exact) mass is 416 g/mol. The lowest BCUT2D eigenvalue weighted by atomic mass is 10.1. The molecule has 2 aromatic heterocycles. The van der Waals surface area contributed by atoms with Crippen LogP contribution in [0, 0.1) is 13.8 Å². The van der Waals surface area contributed by atoms with Crippen molar-refractivity contribution < 1.29 is 9.59 Å². The van der Waals surface area contributed by atoms with E-state index in [2.05, 4.69) is 25.8 Å². The molecule has 3 aromatic rings. The largest absolute Gasteiger partial charge is 0.345 e. The minimum Gasteiger partial charge on any atom is -0.345 e. The molecule has 0 saturated carbocycles. The number of anilines is 1. The summed E-state index contributed by atoms with van der Waals surface area (Å²) in [4.78, 5) is 28.4. The lowest BCUT2D eigenvalue weighted by Gasteiger charge is -2.06. The minimum absolute atomic E-state index is 0.156. The van der Waals surface area contributed by atoms with Crippen LogP contribution in [0.25, 0.3) is 0 Å². The Morgan fingerprint density at radius 2 is 1.93 bits per heavy atom. The Labute approximate surface area is 170 Å². The molecule has 0 radical (unpaired) electrons. The quantitative estimate of drug-likeness (QED) is 0.574. The zero-order chi connectivity index (χ0) is 20.1. The van der Waals surface area contributed by atoms with E-state index in [4.69, 9.17) is 0 Å². The van der Waals surface area contributed by atoms with Crippen molar-refractivity contribution >= 4 is 40.0 Å². The highest BCUT2D eigenvalue weighted by atomic mass is 32.2. The third kappa shape index (κ3) is 5.17. The fourth-order valence-electron chi connectivity index (χ4n) is 2.29. The molecule has 0 aliphatic heterocycles. The van der Waals surface area contributed by atoms with Gasteiger partial charge in [-0.05, 0) is 26.0 Å². The molecule has 0 fully saturated rings. The number of rotatable bonds is 7. The third-order valence-electron chi connectivity index (χ3n) is 3.84. The average molecular weight is 417 g/mol. The second kappa shape index (κ2) is 8.98. The number of hydrogen-bond acceptors (Lipinski definition) is 7. The van der Waals surface area contributed by atoms with Crippen molar-refractivity contribution in [3.05, 3.63) is 52.3 Å². The summed E-state index contributed by atoms with van der Waals surface area (Å²) in [6.45, 7) is 4.10. The number of nitrogens with one attached hydrogen (secondary N) is 2. The maximum absolute atomic E-state index is 12.2. The first-order valence-corrected chi connectivity index (χ1v) is 10.4. The van der Waals surface area contributed by atoms with Gasteiger partial charge in [-0.25, -0.2) is 4.98 Å². The molecule has 3 rings (SSSR count). The second-order valence-electron chi connectivity index (χ2n) is 6.14. The summed E-state index contributed by atoms with van der Waals surface area (Å²) >= 11 is 2.66. The molecular weight excluding hydrogens is 396 g/mol. The van der Waals surface area contributed by atoms with Gasteiger partial charge in [-0.15, -0.1) is 21.5 Å². The number of carbonyl (C=O) groups is 2. The van der Waals surface area contributed by atoms with Crippen LogP contribution in [0.3, 0.4) is 0 Å². The van der Waals surface area contributed by atoms with Crippen molar-refractivity contribution in [3.63, 3.8) is 0 Å². The number of thiazole rings is 1. The molecule has 0 bridgehead atoms. The van der Waals surface area contributed by atoms with E-state index in [1.54, 1.807) is 23.7 Å². The van der Waals surface area contributed by atoms with Gasteiger partial charge in [-0.1, -0.05) is 29.5 Å². The van der Waals surface area contributed by atoms with Gasteiger partial charge in [-0.3, -0.25) is 9.59 Å². The van der Waals surface area contributed by atoms with Crippen LogP contribution in [-0.4, -0.2) is 37.3 Å². The molecular formula is C18H20N6O2S2. The summed E-state index contributed by atoms with van der Waals surface area (Å²) < 4.78 is 1.76. The fraction of sp³-hybridized carbons (Fsp3) is 0.278. The molecule has 0 aliphatic rings. The second-order valence-corrected chi connectivity index (χ2v) is 7.94. The SMILES string of the molecule is Cc1ccc(C(=O)NCc2nnc(SCC(=O)Nc3nc(C)cs3)n2C)cc1. The van der Waals surface area contributed by atoms with Gasteiger partial charge >= 0.3 is 0 Å². The number of hydrogen-bond donors (Lipinski definition) is 2. The van der Waals surface area contributed by atoms with Gasteiger partial charge in [0.1, 0.15) is 0 Å². The smallest absolute Gasteiger partial charge is 0.251 e. The maximum Gasteiger partial charge on any atom is 0.251 e. The first-order chi connectivity index (χ1) is 13.4. The van der Waals surface area contributed by atoms with Gasteiger partial charge in [0.15, 0.2) is 16.1 Å². The lowest BCUT2D eigenvalue weighted by molar-refractivity contribution is -0.113. The number of aryl methyl sites for hydroxylation is 2. The van der Waals surface area contributed by atoms with Crippen LogP contribution >= 0.6 is 23.1 Å². The maximum atomic E-state index is 12.2. The van der Waals surface area contributed by atoms with Crippen molar-refractivity contribution in [1.82, 2.24) is 25.1 Å². The Kier molecular flexibility index (Phi) is 6.42. The van der Waals surface area contributed by atoms with Crippen LogP contribution in [0.1, 0.15) is 27.4 Å². The van der Waals surface area contributed by atoms with Gasteiger partial charge in [-0.2, -0.15) is 0 Å². The molecule has 2 heterocycles. The highest BCUT2D eigenvalue weighted by molar-refractivity contribution is 7.99. The highest BCUT2D eigenvalue weighted by Crippen LogP contribution is 2.18. The molecule has 0 unspecified atom stereocenters. The van der Waals surface area contributed by atoms with Crippen molar-refractivity contribution in [2.75, 3.05) is 11.1 Å². The number of thioether (sulfide) groups is 1. The van der Waals surface area contributed by atoms with Crippen LogP contribution in [0.15, 0.2) is 34.8 Å². The summed E-state index contributed by atoms with van der Waals surface area (Å²) in [6.07, 6.45) is 0. The molecule has 28 heavy (non-hydrogen) atoms. The van der Waals surface area contributed by atoms with Crippen molar-refractivity contribution in [1.29, 1.82) is 0 Å². The normalized spacial score (nSPS) is 10.7. The van der Waals surface area contributed by atoms with E-state index in [0.717, 1.165) is 11.3 Å². The minimum atomic E-state index is -0.171. The zero-order valence-corrected chi connectivity index (χ0v) is 17.4. The Morgan fingerprint density at radius 3 is 2.61 bits per heavy atom. The Balaban J connectivity index is 1.51. The van der Waals surface area contributed by atoms with Gasteiger partial charge in [0.2, 0.25) is 5.91 Å². The summed E-state index contributed by atoms with van der Waals surface area (Å²) in [5.74, 6) is 0.478. The predicted octanol–water partition coefficient (Wildman–Crippen LogP) is 2.55. The van der Waals surface area contributed by atoms with Crippen molar-refractivity contribution in [2.45, 2.75) is 25.5 Å². The Morgan fingerprint density at radius 1 is 1.18 bits per heavy atom. The molecule has 2 amide bonds. The number of aromatic nitrogens is 4. The summed E-state index contributed by atoms with van der Waals surface area (Å²) in [6, 6.07) is 7.35. The molecule has 1 aromatic carbocycles. The summed E-state index contributed by atoms with van der Waals surface area (Å²) in [7, 11) is 1.80. The molecule has 10 heteroatoms. The van der Waals surface area contributed by atoms with Crippen LogP contribution in [0.2, 0.25) is 0 Å². The van der Waals surface area contributed by atoms with Crippen molar-refractivity contribution in [2.24, 2.45) is 7.05 Å². The van der Waals surface area contributed by atoms with E-state index in [1.807, 2.05) is 31.4 Å². The predicted molar refractivity (Wildman–Crippen MR) is 110 cm³/mol. The molecule has 8 nitrogen and oxygen atoms in total. The first kappa shape index (κ1) is 20.0. The number of nitrogens with zero attached hydrogens (tertiary/aromatic N) is 4. The first-order valence-electron chi connectivity index (χ1n) is 8.50. The standard InChI is InChI=1S/C18H20N6O2S2/c1-11-4-6-13(7-5-11)16(26)19-8-14-22-23-18(24(14)3)28-10-15(25)21-17-20-12(2)9-27-17/h4-7,9H,8,10H2,1-3H3,(H,19,26)(H,20,21,25). The van der Waals surface area contributed by atoms with Crippen LogP contribution < -0.4 is 10.6 Å². The van der Waals surface area contributed by atoms with E-state index >= 15 is 0 Å². The molecule has 0 aliphatic carbocycles. The Hall–Kier alpha value is -2.72. The van der Waals surface area contributed by atoms with Gasteiger partial charge in [0.05, 0.1) is 18.0 Å². The van der Waals surface area contributed by atoms with Crippen LogP contribution in [-0.2, 0) is 18.4 Å². The number of benzene rings is 1. The molecule has 0 saturated heterocycles. The number of amides is 2. The Bertz CT molecular complexity index is 980. The molecule has 146 valence electrons. The lowest BCUT2D eigenvalue weighted by Crippen LogP contribution is -2.24. The van der Waals surface area contributed by atoms with Crippen LogP contribution in [0.4, 0.5) is 5.13 Å². The fourth-order valence-corrected chi connectivity index (χ4v) is 3.72. The summed E-state index contributed by atoms with van der Waals surface area (Å²) in [5.41, 5.74) is 2.57. The molecule has 2 N–H and O–H groups in total. The zero-order valence-electron chi connectivity index (χ0n) is 15.7. The van der Waals surface area contributed by atoms with Gasteiger partial charge in [0, 0.05) is 18.0 Å². The van der Waals surface area contributed by atoms with E-state index in [-0.39, 0.29) is 24.1 Å². The number of carbonyl (C=O) groups excluding carboxylic acids is 2. The van der Waals surface area contributed by atoms with E-state index in [1.165, 1.54) is 23.1 Å². The molecule has 0 atom stereocenters. The average Bonchev–Trinajstić information content (AvgIpc) is 3.24. The highest BCUT2D eigenvalue weighted by Gasteiger charge is 2.13. The van der Waals surface area contributed by atoms with E-state index in [0.29, 0.717) is 21.7 Å². The molecule has 0 spiro atoms. The topological polar surface area (TPSA) is 102 Å². The van der Waals surface area contributed by atoms with E-state index in [9.17, 15) is 9.59 Å². The van der Waals surface area contributed by atoms with Gasteiger partial charge < -0.3 is 15.2 Å². The van der Waals surface area contributed by atoms with Crippen LogP contribution in [0.5, 0.6) is 0 Å². The summed E-state index contributed by atoms with van der Waals surface area (Å²) in [5, 5.41) is 16.8.